The average molecular weight is 498 g/mol. The Bertz CT molecular complexity index is 1670. The molecular weight excluding hydrogens is 476 g/mol. The summed E-state index contributed by atoms with van der Waals surface area (Å²) in [6.07, 6.45) is 1.75. The maximum absolute atomic E-state index is 14.2. The van der Waals surface area contributed by atoms with E-state index in [1.807, 2.05) is 13.8 Å². The molecule has 2 aromatic heterocycles. The van der Waals surface area contributed by atoms with Gasteiger partial charge in [0.1, 0.15) is 17.1 Å². The molecule has 0 spiro atoms. The number of aryl methyl sites for hydroxylation is 1. The van der Waals surface area contributed by atoms with E-state index in [-0.39, 0.29) is 34.1 Å². The van der Waals surface area contributed by atoms with Gasteiger partial charge in [0, 0.05) is 23.4 Å². The maximum atomic E-state index is 14.2. The Morgan fingerprint density at radius 3 is 2.68 bits per heavy atom. The second-order valence-electron chi connectivity index (χ2n) is 9.61. The molecule has 6 rings (SSSR count). The molecule has 0 bridgehead atoms. The molecule has 0 radical (unpaired) electrons. The average Bonchev–Trinajstić information content (AvgIpc) is 3.41. The van der Waals surface area contributed by atoms with E-state index in [1.54, 1.807) is 53.9 Å². The molecule has 2 aromatic carbocycles. The number of Topliss-reactive ketones (excluding diaryl/α,β-unsaturated/α-hetero) is 1. The van der Waals surface area contributed by atoms with E-state index < -0.39 is 33.6 Å². The number of fused-ring (bicyclic) bond motifs is 6. The second-order valence-corrected chi connectivity index (χ2v) is 9.61. The molecule has 3 heterocycles. The number of rotatable bonds is 4. The molecular formula is C27H22N4O6. The molecule has 10 nitrogen and oxygen atoms in total. The van der Waals surface area contributed by atoms with Crippen LogP contribution in [0, 0.1) is 17.0 Å². The van der Waals surface area contributed by atoms with Gasteiger partial charge in [0.25, 0.3) is 17.4 Å². The van der Waals surface area contributed by atoms with Crippen molar-refractivity contribution >= 4 is 22.9 Å². The Morgan fingerprint density at radius 2 is 1.95 bits per heavy atom. The van der Waals surface area contributed by atoms with Crippen LogP contribution < -0.4 is 10.1 Å². The van der Waals surface area contributed by atoms with Gasteiger partial charge in [0.15, 0.2) is 5.69 Å². The summed E-state index contributed by atoms with van der Waals surface area (Å²) in [5.74, 6) is -3.09. The Balaban J connectivity index is 1.59. The van der Waals surface area contributed by atoms with E-state index in [4.69, 9.17) is 4.74 Å². The quantitative estimate of drug-likeness (QED) is 0.323. The molecule has 186 valence electrons. The summed E-state index contributed by atoms with van der Waals surface area (Å²) in [5.41, 5.74) is -1.39. The lowest BCUT2D eigenvalue weighted by Gasteiger charge is -2.34. The number of ether oxygens (including phenoxy) is 1. The number of nitro benzene ring substituents is 1. The van der Waals surface area contributed by atoms with E-state index in [1.165, 1.54) is 18.2 Å². The number of pyridine rings is 1. The van der Waals surface area contributed by atoms with E-state index in [0.29, 0.717) is 11.3 Å². The Labute approximate surface area is 210 Å². The SMILES string of the molecule is Cc1nc(C(=O)NC23C(=O)c4c([N+](=O)[O-])cccc4C2(O)Oc2cc(C(C)C)ccc23)c2ccccn12. The summed E-state index contributed by atoms with van der Waals surface area (Å²) >= 11 is 0. The van der Waals surface area contributed by atoms with E-state index in [2.05, 4.69) is 10.3 Å². The number of nitrogens with zero attached hydrogens (tertiary/aromatic N) is 3. The molecule has 2 unspecified atom stereocenters. The van der Waals surface area contributed by atoms with Gasteiger partial charge in [-0.1, -0.05) is 44.2 Å². The fraction of sp³-hybridized carbons (Fsp3) is 0.222. The van der Waals surface area contributed by atoms with Crippen LogP contribution in [-0.4, -0.2) is 31.1 Å². The van der Waals surface area contributed by atoms with Gasteiger partial charge in [0.05, 0.1) is 10.4 Å². The van der Waals surface area contributed by atoms with Gasteiger partial charge >= 0.3 is 0 Å². The van der Waals surface area contributed by atoms with Crippen LogP contribution in [0.25, 0.3) is 5.52 Å². The first-order chi connectivity index (χ1) is 17.6. The lowest BCUT2D eigenvalue weighted by Crippen LogP contribution is -2.60. The van der Waals surface area contributed by atoms with Crippen LogP contribution in [0.4, 0.5) is 5.69 Å². The van der Waals surface area contributed by atoms with Gasteiger partial charge in [-0.05, 0) is 36.6 Å². The highest BCUT2D eigenvalue weighted by atomic mass is 16.6. The molecule has 1 aliphatic carbocycles. The van der Waals surface area contributed by atoms with Crippen molar-refractivity contribution in [2.75, 3.05) is 0 Å². The van der Waals surface area contributed by atoms with Crippen molar-refractivity contribution < 1.29 is 24.4 Å². The monoisotopic (exact) mass is 498 g/mol. The Kier molecular flexibility index (Phi) is 4.61. The zero-order valence-electron chi connectivity index (χ0n) is 20.2. The van der Waals surface area contributed by atoms with Crippen LogP contribution in [-0.2, 0) is 11.3 Å². The fourth-order valence-electron chi connectivity index (χ4n) is 5.44. The van der Waals surface area contributed by atoms with E-state index >= 15 is 0 Å². The standard InChI is InChI=1S/C27H22N4O6/c1-14(2)16-10-11-17-21(13-16)37-27(34)18-7-6-9-19(31(35)36)22(18)24(32)26(17,27)29-25(33)23-20-8-4-5-12-30(20)15(3)28-23/h4-14,34H,1-3H3,(H,29,33). The smallest absolute Gasteiger partial charge is 0.280 e. The van der Waals surface area contributed by atoms with Crippen molar-refractivity contribution in [3.8, 4) is 5.75 Å². The zero-order chi connectivity index (χ0) is 26.3. The first-order valence-electron chi connectivity index (χ1n) is 11.7. The summed E-state index contributed by atoms with van der Waals surface area (Å²) in [4.78, 5) is 43.5. The predicted octanol–water partition coefficient (Wildman–Crippen LogP) is 3.73. The molecule has 2 atom stereocenters. The molecule has 0 saturated carbocycles. The van der Waals surface area contributed by atoms with Gasteiger partial charge < -0.3 is 19.6 Å². The number of carbonyl (C=O) groups is 2. The first-order valence-corrected chi connectivity index (χ1v) is 11.7. The largest absolute Gasteiger partial charge is 0.454 e. The molecule has 4 aromatic rings. The van der Waals surface area contributed by atoms with Crippen LogP contribution in [0.3, 0.4) is 0 Å². The van der Waals surface area contributed by atoms with Gasteiger partial charge in [0.2, 0.25) is 11.3 Å². The molecule has 2 aliphatic rings. The summed E-state index contributed by atoms with van der Waals surface area (Å²) in [6, 6.07) is 14.3. The maximum Gasteiger partial charge on any atom is 0.280 e. The normalized spacial score (nSPS) is 21.5. The summed E-state index contributed by atoms with van der Waals surface area (Å²) in [7, 11) is 0. The summed E-state index contributed by atoms with van der Waals surface area (Å²) in [6.45, 7) is 5.71. The zero-order valence-corrected chi connectivity index (χ0v) is 20.2. The van der Waals surface area contributed by atoms with Crippen molar-refractivity contribution in [2.45, 2.75) is 38.0 Å². The van der Waals surface area contributed by atoms with Gasteiger partial charge in [-0.2, -0.15) is 0 Å². The number of ketones is 1. The molecule has 0 saturated heterocycles. The minimum absolute atomic E-state index is 0.0420. The number of carbonyl (C=O) groups excluding carboxylic acids is 2. The van der Waals surface area contributed by atoms with Crippen LogP contribution in [0.5, 0.6) is 5.75 Å². The summed E-state index contributed by atoms with van der Waals surface area (Å²) < 4.78 is 7.77. The third-order valence-electron chi connectivity index (χ3n) is 7.26. The second kappa shape index (κ2) is 7.47. The number of nitrogens with one attached hydrogen (secondary N) is 1. The highest BCUT2D eigenvalue weighted by Crippen LogP contribution is 2.59. The number of hydrogen-bond acceptors (Lipinski definition) is 7. The molecule has 1 amide bonds. The molecule has 0 fully saturated rings. The van der Waals surface area contributed by atoms with Crippen molar-refractivity contribution in [1.29, 1.82) is 0 Å². The fourth-order valence-corrected chi connectivity index (χ4v) is 5.44. The number of benzene rings is 2. The molecule has 2 N–H and O–H groups in total. The number of nitro groups is 1. The Hall–Kier alpha value is -4.57. The van der Waals surface area contributed by atoms with Crippen molar-refractivity contribution in [3.05, 3.63) is 105 Å². The number of aromatic nitrogens is 2. The van der Waals surface area contributed by atoms with Crippen molar-refractivity contribution in [2.24, 2.45) is 0 Å². The topological polar surface area (TPSA) is 136 Å². The third-order valence-corrected chi connectivity index (χ3v) is 7.26. The minimum atomic E-state index is -2.41. The van der Waals surface area contributed by atoms with Crippen LogP contribution in [0.15, 0.2) is 60.8 Å². The molecule has 37 heavy (non-hydrogen) atoms. The van der Waals surface area contributed by atoms with E-state index in [0.717, 1.165) is 5.56 Å². The molecule has 1 aliphatic heterocycles. The predicted molar refractivity (Wildman–Crippen MR) is 132 cm³/mol. The number of hydrogen-bond donors (Lipinski definition) is 2. The third kappa shape index (κ3) is 2.81. The molecule has 10 heteroatoms. The number of amides is 1. The summed E-state index contributed by atoms with van der Waals surface area (Å²) in [5, 5.41) is 26.6. The van der Waals surface area contributed by atoms with Gasteiger partial charge in [-0.25, -0.2) is 4.98 Å². The van der Waals surface area contributed by atoms with E-state index in [9.17, 15) is 24.8 Å². The lowest BCUT2D eigenvalue weighted by molar-refractivity contribution is -0.385. The van der Waals surface area contributed by atoms with Crippen molar-refractivity contribution in [3.63, 3.8) is 0 Å². The van der Waals surface area contributed by atoms with Gasteiger partial charge in [-0.15, -0.1) is 0 Å². The van der Waals surface area contributed by atoms with Crippen LogP contribution in [0.1, 0.15) is 63.1 Å². The minimum Gasteiger partial charge on any atom is -0.454 e. The van der Waals surface area contributed by atoms with Crippen LogP contribution >= 0.6 is 0 Å². The highest BCUT2D eigenvalue weighted by molar-refractivity contribution is 6.16. The van der Waals surface area contributed by atoms with Crippen LogP contribution in [0.2, 0.25) is 0 Å². The van der Waals surface area contributed by atoms with Crippen molar-refractivity contribution in [1.82, 2.24) is 14.7 Å². The van der Waals surface area contributed by atoms with Gasteiger partial charge in [-0.3, -0.25) is 19.7 Å². The number of aliphatic hydroxyl groups is 1. The highest BCUT2D eigenvalue weighted by Gasteiger charge is 2.73. The lowest BCUT2D eigenvalue weighted by atomic mass is 9.82. The Morgan fingerprint density at radius 1 is 1.16 bits per heavy atom. The number of imidazole rings is 1. The first kappa shape index (κ1) is 22.9.